The molecule has 0 spiro atoms. The number of carbonyl (C=O) groups is 2. The molecule has 0 aliphatic carbocycles. The van der Waals surface area contributed by atoms with E-state index in [0.29, 0.717) is 47.1 Å². The van der Waals surface area contributed by atoms with Gasteiger partial charge in [0, 0.05) is 25.8 Å². The van der Waals surface area contributed by atoms with Gasteiger partial charge in [0.15, 0.2) is 11.5 Å². The molecule has 0 unspecified atom stereocenters. The van der Waals surface area contributed by atoms with Crippen LogP contribution in [-0.2, 0) is 16.6 Å². The number of ketones is 1. The highest BCUT2D eigenvalue weighted by Gasteiger charge is 2.46. The molecular formula is C23H30N4O5. The summed E-state index contributed by atoms with van der Waals surface area (Å²) >= 11 is 0. The second-order valence-corrected chi connectivity index (χ2v) is 8.08. The minimum absolute atomic E-state index is 0.0418. The number of aryl methyl sites for hydroxylation is 2. The molecule has 9 heteroatoms. The molecule has 1 aliphatic heterocycles. The summed E-state index contributed by atoms with van der Waals surface area (Å²) in [5.74, 6) is -0.591. The van der Waals surface area contributed by atoms with Crippen LogP contribution in [0.5, 0.6) is 11.5 Å². The number of likely N-dealkylation sites (tertiary alicyclic amines) is 1. The molecule has 1 atom stereocenters. The van der Waals surface area contributed by atoms with Crippen LogP contribution in [0.4, 0.5) is 0 Å². The fourth-order valence-corrected chi connectivity index (χ4v) is 4.04. The fraction of sp³-hybridized carbons (Fsp3) is 0.435. The van der Waals surface area contributed by atoms with Crippen LogP contribution in [0.15, 0.2) is 23.8 Å². The first kappa shape index (κ1) is 23.3. The van der Waals surface area contributed by atoms with Gasteiger partial charge in [0.05, 0.1) is 37.1 Å². The number of aliphatic hydroxyl groups excluding tert-OH is 1. The Bertz CT molecular complexity index is 1090. The van der Waals surface area contributed by atoms with Gasteiger partial charge in [-0.3, -0.25) is 14.3 Å². The number of carbonyl (C=O) groups excluding carboxylic acids is 2. The topological polar surface area (TPSA) is 97.1 Å². The van der Waals surface area contributed by atoms with E-state index in [2.05, 4.69) is 5.10 Å². The highest BCUT2D eigenvalue weighted by atomic mass is 16.5. The standard InChI is InChI=1S/C23H30N4O5/c1-13-18(14(2)26(5)24-13)21(28)19-20(15-8-9-16(31-6)17(12-15)32-7)27(11-10-25(3)4)23(30)22(19)29/h8-9,12,20,28H,10-11H2,1-7H3/b21-19+/t20-/m0/s1. The first-order valence-corrected chi connectivity index (χ1v) is 10.3. The van der Waals surface area contributed by atoms with Crippen molar-refractivity contribution >= 4 is 17.4 Å². The van der Waals surface area contributed by atoms with E-state index >= 15 is 0 Å². The molecule has 1 N–H and O–H groups in total. The maximum absolute atomic E-state index is 13.2. The summed E-state index contributed by atoms with van der Waals surface area (Å²) in [5, 5.41) is 15.6. The van der Waals surface area contributed by atoms with Crippen LogP contribution in [-0.4, -0.2) is 77.8 Å². The van der Waals surface area contributed by atoms with Crippen LogP contribution in [0.25, 0.3) is 5.76 Å². The first-order chi connectivity index (χ1) is 15.1. The number of benzene rings is 1. The van der Waals surface area contributed by atoms with Crippen molar-refractivity contribution in [3.63, 3.8) is 0 Å². The number of hydrogen-bond acceptors (Lipinski definition) is 7. The fourth-order valence-electron chi connectivity index (χ4n) is 4.04. The van der Waals surface area contributed by atoms with Crippen molar-refractivity contribution in [3.8, 4) is 11.5 Å². The Morgan fingerprint density at radius 1 is 1.16 bits per heavy atom. The number of methoxy groups -OCH3 is 2. The lowest BCUT2D eigenvalue weighted by molar-refractivity contribution is -0.140. The van der Waals surface area contributed by atoms with Gasteiger partial charge >= 0.3 is 0 Å². The number of nitrogens with zero attached hydrogens (tertiary/aromatic N) is 4. The quantitative estimate of drug-likeness (QED) is 0.398. The SMILES string of the molecule is COc1ccc([C@H]2/C(=C(\O)c3c(C)nn(C)c3C)C(=O)C(=O)N2CCN(C)C)cc1OC. The normalized spacial score (nSPS) is 18.0. The van der Waals surface area contributed by atoms with Crippen LogP contribution < -0.4 is 9.47 Å². The molecule has 32 heavy (non-hydrogen) atoms. The zero-order chi connectivity index (χ0) is 23.7. The Morgan fingerprint density at radius 2 is 1.81 bits per heavy atom. The molecule has 0 saturated carbocycles. The summed E-state index contributed by atoms with van der Waals surface area (Å²) in [7, 11) is 8.61. The van der Waals surface area contributed by atoms with E-state index in [0.717, 1.165) is 0 Å². The zero-order valence-electron chi connectivity index (χ0n) is 19.6. The van der Waals surface area contributed by atoms with Crippen molar-refractivity contribution in [2.24, 2.45) is 7.05 Å². The smallest absolute Gasteiger partial charge is 0.295 e. The molecule has 172 valence electrons. The third-order valence-corrected chi connectivity index (χ3v) is 5.80. The first-order valence-electron chi connectivity index (χ1n) is 10.3. The average Bonchev–Trinajstić information content (AvgIpc) is 3.16. The second kappa shape index (κ2) is 9.04. The van der Waals surface area contributed by atoms with Gasteiger partial charge in [0.2, 0.25) is 0 Å². The molecule has 1 aromatic carbocycles. The molecule has 1 saturated heterocycles. The number of likely N-dealkylation sites (N-methyl/N-ethyl adjacent to an activating group) is 1. The van der Waals surface area contributed by atoms with Gasteiger partial charge in [-0.15, -0.1) is 0 Å². The highest BCUT2D eigenvalue weighted by molar-refractivity contribution is 6.46. The van der Waals surface area contributed by atoms with Crippen molar-refractivity contribution in [2.45, 2.75) is 19.9 Å². The molecule has 1 aromatic heterocycles. The predicted molar refractivity (Wildman–Crippen MR) is 120 cm³/mol. The van der Waals surface area contributed by atoms with Crippen molar-refractivity contribution in [1.29, 1.82) is 0 Å². The molecule has 0 radical (unpaired) electrons. The van der Waals surface area contributed by atoms with E-state index in [1.54, 1.807) is 36.9 Å². The molecule has 2 aromatic rings. The summed E-state index contributed by atoms with van der Waals surface area (Å²) in [4.78, 5) is 29.6. The summed E-state index contributed by atoms with van der Waals surface area (Å²) in [5.41, 5.74) is 2.42. The third-order valence-electron chi connectivity index (χ3n) is 5.80. The van der Waals surface area contributed by atoms with Gasteiger partial charge in [0.1, 0.15) is 5.76 Å². The molecule has 1 aliphatic rings. The van der Waals surface area contributed by atoms with Gasteiger partial charge in [0.25, 0.3) is 11.7 Å². The van der Waals surface area contributed by atoms with Crippen LogP contribution in [0.2, 0.25) is 0 Å². The molecule has 1 amide bonds. The molecule has 3 rings (SSSR count). The Labute approximate surface area is 187 Å². The monoisotopic (exact) mass is 442 g/mol. The Kier molecular flexibility index (Phi) is 6.59. The van der Waals surface area contributed by atoms with E-state index in [-0.39, 0.29) is 11.3 Å². The van der Waals surface area contributed by atoms with Gasteiger partial charge in [-0.25, -0.2) is 0 Å². The number of aromatic nitrogens is 2. The number of Topliss-reactive ketones (excluding diaryl/α,β-unsaturated/α-hetero) is 1. The summed E-state index contributed by atoms with van der Waals surface area (Å²) < 4.78 is 12.4. The van der Waals surface area contributed by atoms with E-state index in [4.69, 9.17) is 9.47 Å². The van der Waals surface area contributed by atoms with E-state index in [1.807, 2.05) is 25.9 Å². The zero-order valence-corrected chi connectivity index (χ0v) is 19.6. The van der Waals surface area contributed by atoms with Crippen molar-refractivity contribution < 1.29 is 24.2 Å². The molecule has 1 fully saturated rings. The van der Waals surface area contributed by atoms with Gasteiger partial charge < -0.3 is 24.4 Å². The second-order valence-electron chi connectivity index (χ2n) is 8.08. The van der Waals surface area contributed by atoms with E-state index in [9.17, 15) is 14.7 Å². The Morgan fingerprint density at radius 3 is 2.34 bits per heavy atom. The van der Waals surface area contributed by atoms with Crippen LogP contribution >= 0.6 is 0 Å². The van der Waals surface area contributed by atoms with E-state index in [1.165, 1.54) is 19.1 Å². The largest absolute Gasteiger partial charge is 0.507 e. The summed E-state index contributed by atoms with van der Waals surface area (Å²) in [6.07, 6.45) is 0. The van der Waals surface area contributed by atoms with Gasteiger partial charge in [-0.05, 0) is 45.6 Å². The van der Waals surface area contributed by atoms with Crippen molar-refractivity contribution in [3.05, 3.63) is 46.3 Å². The number of aliphatic hydroxyl groups is 1. The average molecular weight is 443 g/mol. The molecule has 2 heterocycles. The Balaban J connectivity index is 2.24. The van der Waals surface area contributed by atoms with Crippen LogP contribution in [0.3, 0.4) is 0 Å². The minimum Gasteiger partial charge on any atom is -0.507 e. The minimum atomic E-state index is -0.770. The van der Waals surface area contributed by atoms with Crippen molar-refractivity contribution in [1.82, 2.24) is 19.6 Å². The summed E-state index contributed by atoms with van der Waals surface area (Å²) in [6, 6.07) is 4.46. The molecule has 9 nitrogen and oxygen atoms in total. The lowest BCUT2D eigenvalue weighted by atomic mass is 9.94. The Hall–Kier alpha value is -3.33. The van der Waals surface area contributed by atoms with Crippen molar-refractivity contribution in [2.75, 3.05) is 41.4 Å². The predicted octanol–water partition coefficient (Wildman–Crippen LogP) is 2.04. The third kappa shape index (κ3) is 3.95. The van der Waals surface area contributed by atoms with E-state index < -0.39 is 17.7 Å². The maximum atomic E-state index is 13.2. The van der Waals surface area contributed by atoms with Crippen LogP contribution in [0.1, 0.15) is 28.6 Å². The molecular weight excluding hydrogens is 412 g/mol. The maximum Gasteiger partial charge on any atom is 0.295 e. The molecule has 0 bridgehead atoms. The lowest BCUT2D eigenvalue weighted by Crippen LogP contribution is -2.35. The highest BCUT2D eigenvalue weighted by Crippen LogP contribution is 2.42. The van der Waals surface area contributed by atoms with Crippen LogP contribution in [0, 0.1) is 13.8 Å². The number of amides is 1. The lowest BCUT2D eigenvalue weighted by Gasteiger charge is -2.27. The number of ether oxygens (including phenoxy) is 2. The summed E-state index contributed by atoms with van der Waals surface area (Å²) in [6.45, 7) is 4.44. The van der Waals surface area contributed by atoms with Gasteiger partial charge in [-0.2, -0.15) is 5.10 Å². The van der Waals surface area contributed by atoms with Gasteiger partial charge in [-0.1, -0.05) is 6.07 Å². The number of hydrogen-bond donors (Lipinski definition) is 1. The number of rotatable bonds is 7.